The van der Waals surface area contributed by atoms with Crippen LogP contribution in [0.5, 0.6) is 17.2 Å². The van der Waals surface area contributed by atoms with Gasteiger partial charge in [0.1, 0.15) is 65.2 Å². The first-order chi connectivity index (χ1) is 45.8. The minimum absolute atomic E-state index is 0.0117. The number of amides is 7. The van der Waals surface area contributed by atoms with E-state index in [0.29, 0.717) is 28.8 Å². The Labute approximate surface area is 555 Å². The van der Waals surface area contributed by atoms with Gasteiger partial charge < -0.3 is 109 Å². The zero-order valence-electron chi connectivity index (χ0n) is 52.8. The van der Waals surface area contributed by atoms with Gasteiger partial charge in [-0.2, -0.15) is 0 Å². The predicted octanol–water partition coefficient (Wildman–Crippen LogP) is -3.47. The van der Waals surface area contributed by atoms with Gasteiger partial charge in [-0.25, -0.2) is 0 Å². The lowest BCUT2D eigenvalue weighted by Gasteiger charge is -2.34. The number of nitrogens with zero attached hydrogens (tertiary/aromatic N) is 6. The summed E-state index contributed by atoms with van der Waals surface area (Å²) in [5, 5.41) is 102. The van der Waals surface area contributed by atoms with E-state index >= 15 is 0 Å². The Morgan fingerprint density at radius 1 is 0.677 bits per heavy atom. The van der Waals surface area contributed by atoms with Crippen LogP contribution in [0.3, 0.4) is 0 Å². The Balaban J connectivity index is 1.07. The number of methoxy groups -OCH3 is 1. The minimum Gasteiger partial charge on any atom is -0.504 e. The van der Waals surface area contributed by atoms with E-state index < -0.39 is 165 Å². The average Bonchev–Trinajstić information content (AvgIpc) is 1.64. The molecule has 0 spiro atoms. The molecule has 0 bridgehead atoms. The number of aliphatic hydroxyl groups excluding tert-OH is 6. The molecule has 1 unspecified atom stereocenters. The highest BCUT2D eigenvalue weighted by atomic mass is 32.1. The van der Waals surface area contributed by atoms with Crippen LogP contribution in [0.25, 0.3) is 32.3 Å². The van der Waals surface area contributed by atoms with E-state index in [4.69, 9.17) is 37.1 Å². The van der Waals surface area contributed by atoms with Crippen LogP contribution in [0.1, 0.15) is 49.0 Å². The molecular weight excluding hydrogens is 1270 g/mol. The number of nitrogens with two attached hydrogens (primary N) is 4. The molecule has 8 rings (SSSR count). The third kappa shape index (κ3) is 18.6. The normalized spacial score (nSPS) is 23.9. The van der Waals surface area contributed by atoms with Gasteiger partial charge in [0, 0.05) is 75.2 Å². The molecule has 96 heavy (non-hydrogen) atoms. The third-order valence-electron chi connectivity index (χ3n) is 16.3. The lowest BCUT2D eigenvalue weighted by molar-refractivity contribution is -0.147. The van der Waals surface area contributed by atoms with Crippen molar-refractivity contribution in [1.29, 1.82) is 0 Å². The van der Waals surface area contributed by atoms with E-state index in [9.17, 15) is 69.3 Å². The van der Waals surface area contributed by atoms with Crippen molar-refractivity contribution >= 4 is 64.6 Å². The van der Waals surface area contributed by atoms with Crippen LogP contribution < -0.4 is 59.0 Å². The summed E-state index contributed by atoms with van der Waals surface area (Å²) in [7, 11) is 1.60. The van der Waals surface area contributed by atoms with Gasteiger partial charge in [-0.05, 0) is 66.4 Å². The number of hydrogen-bond acceptors (Lipinski definition) is 22. The van der Waals surface area contributed by atoms with Crippen LogP contribution >= 0.6 is 11.3 Å². The molecule has 516 valence electrons. The van der Waals surface area contributed by atoms with Crippen molar-refractivity contribution in [1.82, 2.24) is 46.6 Å². The molecule has 0 radical (unpaired) electrons. The number of phenolic OH excluding ortho intramolecular Hbond substituents is 1. The number of fused-ring (bicyclic) bond motifs is 2. The minimum atomic E-state index is -2.12. The molecule has 5 aromatic rings. The SMILES string of the molecule is COCCOc1ccc(-c2ccc(-c3nnc(-c4ccc(C(=O)NC5C[C@@H](O)CNC(=O)[C@@H]6[C@@H](O)[C@@H](C)CN6C(=O)[C@H]([C@H](O)CCN=C(N)N)NC(=O)[C@H]([C@H](O)Cc6ccc(O)c(OCCN=C(N)N)c6)NC(=O)[C@@H]6C[C@@H](O)CN6C(=O)[C@H]([C@@H](C)O)NC5=O)cc4)s3)cc2)cc1. The Kier molecular flexibility index (Phi) is 25.0. The maximum absolute atomic E-state index is 14.9. The maximum Gasteiger partial charge on any atom is 0.251 e. The van der Waals surface area contributed by atoms with E-state index in [1.807, 2.05) is 48.5 Å². The second-order valence-electron chi connectivity index (χ2n) is 23.5. The van der Waals surface area contributed by atoms with Crippen molar-refractivity contribution in [3.8, 4) is 49.5 Å². The van der Waals surface area contributed by atoms with Crippen LogP contribution in [-0.2, 0) is 39.9 Å². The molecule has 13 atom stereocenters. The summed E-state index contributed by atoms with van der Waals surface area (Å²) in [5.41, 5.74) is 25.4. The van der Waals surface area contributed by atoms with Gasteiger partial charge >= 0.3 is 0 Å². The van der Waals surface area contributed by atoms with Crippen molar-refractivity contribution in [2.75, 3.05) is 59.7 Å². The number of nitrogens with one attached hydrogen (secondary N) is 5. The number of aliphatic imine (C=N–C) groups is 2. The molecule has 32 nitrogen and oxygen atoms in total. The molecule has 0 aliphatic carbocycles. The monoisotopic (exact) mass is 1350 g/mol. The van der Waals surface area contributed by atoms with Crippen molar-refractivity contribution in [2.45, 2.75) is 112 Å². The van der Waals surface area contributed by atoms with Gasteiger partial charge in [0.15, 0.2) is 23.4 Å². The number of ether oxygens (including phenoxy) is 3. The second-order valence-corrected chi connectivity index (χ2v) is 24.5. The van der Waals surface area contributed by atoms with Gasteiger partial charge in [-0.1, -0.05) is 72.9 Å². The highest BCUT2D eigenvalue weighted by Crippen LogP contribution is 2.33. The molecule has 3 fully saturated rings. The summed E-state index contributed by atoms with van der Waals surface area (Å²) in [6.45, 7) is 1.49. The number of phenols is 1. The van der Waals surface area contributed by atoms with Crippen LogP contribution in [0.2, 0.25) is 0 Å². The number of carbonyl (C=O) groups is 7. The molecule has 33 heteroatoms. The topological polar surface area (TPSA) is 510 Å². The average molecular weight is 1350 g/mol. The summed E-state index contributed by atoms with van der Waals surface area (Å²) < 4.78 is 16.4. The quantitative estimate of drug-likeness (QED) is 0.0193. The van der Waals surface area contributed by atoms with Gasteiger partial charge in [0.05, 0.1) is 49.8 Å². The van der Waals surface area contributed by atoms with E-state index in [-0.39, 0.29) is 54.8 Å². The Hall–Kier alpha value is -9.61. The van der Waals surface area contributed by atoms with Gasteiger partial charge in [0.25, 0.3) is 5.91 Å². The Morgan fingerprint density at radius 3 is 1.91 bits per heavy atom. The zero-order valence-corrected chi connectivity index (χ0v) is 53.6. The Bertz CT molecular complexity index is 3590. The lowest BCUT2D eigenvalue weighted by Crippen LogP contribution is -2.64. The number of rotatable bonds is 21. The third-order valence-corrected chi connectivity index (χ3v) is 17.3. The fourth-order valence-electron chi connectivity index (χ4n) is 11.2. The maximum atomic E-state index is 14.9. The molecule has 4 heterocycles. The first-order valence-corrected chi connectivity index (χ1v) is 31.6. The second kappa shape index (κ2) is 33.2. The van der Waals surface area contributed by atoms with E-state index in [1.54, 1.807) is 19.2 Å². The molecule has 4 aromatic carbocycles. The first kappa shape index (κ1) is 72.2. The highest BCUT2D eigenvalue weighted by molar-refractivity contribution is 7.17. The summed E-state index contributed by atoms with van der Waals surface area (Å²) in [4.78, 5) is 112. The molecule has 3 aliphatic heterocycles. The summed E-state index contributed by atoms with van der Waals surface area (Å²) in [6.07, 6.45) is -12.5. The van der Waals surface area contributed by atoms with Crippen molar-refractivity contribution in [2.24, 2.45) is 38.8 Å². The molecule has 1 aromatic heterocycles. The van der Waals surface area contributed by atoms with E-state index in [0.717, 1.165) is 39.2 Å². The van der Waals surface area contributed by atoms with Gasteiger partial charge in [0.2, 0.25) is 35.4 Å². The number of aromatic nitrogens is 2. The molecule has 3 saturated heterocycles. The van der Waals surface area contributed by atoms with E-state index in [1.165, 1.54) is 48.6 Å². The number of guanidine groups is 2. The molecule has 7 amide bonds. The zero-order chi connectivity index (χ0) is 69.5. The number of aliphatic hydroxyl groups is 6. The number of hydrogen-bond donors (Lipinski definition) is 16. The number of carbonyl (C=O) groups excluding carboxylic acids is 7. The Morgan fingerprint density at radius 2 is 1.27 bits per heavy atom. The largest absolute Gasteiger partial charge is 0.504 e. The fourth-order valence-corrected chi connectivity index (χ4v) is 12.0. The first-order valence-electron chi connectivity index (χ1n) is 30.8. The lowest BCUT2D eigenvalue weighted by atomic mass is 9.98. The number of aromatic hydroxyl groups is 1. The van der Waals surface area contributed by atoms with E-state index in [2.05, 4.69) is 46.8 Å². The van der Waals surface area contributed by atoms with Gasteiger partial charge in [-0.3, -0.25) is 43.5 Å². The fraction of sp³-hybridized carbons (Fsp3) is 0.444. The number of benzene rings is 4. The van der Waals surface area contributed by atoms with Crippen LogP contribution in [0.4, 0.5) is 0 Å². The van der Waals surface area contributed by atoms with Gasteiger partial charge in [-0.15, -0.1) is 10.2 Å². The van der Waals surface area contributed by atoms with Crippen LogP contribution in [-0.4, -0.2) is 242 Å². The molecule has 3 aliphatic rings. The highest BCUT2D eigenvalue weighted by Gasteiger charge is 2.50. The predicted molar refractivity (Wildman–Crippen MR) is 348 cm³/mol. The van der Waals surface area contributed by atoms with Crippen LogP contribution in [0.15, 0.2) is 101 Å². The molecular formula is C63H81N15O17S. The molecule has 0 saturated carbocycles. The smallest absolute Gasteiger partial charge is 0.251 e. The molecule has 20 N–H and O–H groups in total. The summed E-state index contributed by atoms with van der Waals surface area (Å²) in [6, 6.07) is 14.1. The standard InChI is InChI=1S/C63H81N15O17S/c1-31-29-78-51(52(31)85)57(90)70-28-39(80)26-42(71-53(86)36-7-11-38(12-8-36)59-76-75-58(96-59)37-9-5-34(6-10-37)35-13-15-41(16-14-35)94-23-22-93-3)54(87)72-48(32(2)79)60(91)77-30-40(81)27-43(77)55(88)73-49(56(89)74-50(61(78)92)45(83)18-19-68-62(64)65)46(84)24-33-4-17-44(82)47(25-33)95-21-20-69-63(66)67/h4-17,25,31-32,39-40,42-43,45-46,48-52,79-85H,18-24,26-30H2,1-3H3,(H,70,90)(H,71,86)(H,72,87)(H,73,88)(H,74,89)(H4,64,65,68)(H4,66,67,69)/t31-,32+,39+,40+,42?,43-,45+,46+,48-,49-,50-,51-,52-/m0/s1. The summed E-state index contributed by atoms with van der Waals surface area (Å²) >= 11 is 1.29. The summed E-state index contributed by atoms with van der Waals surface area (Å²) in [5.74, 6) is -9.03. The van der Waals surface area contributed by atoms with Crippen molar-refractivity contribution in [3.63, 3.8) is 0 Å². The number of β-amino-alcohol motifs (C(OH)–C–C–N with tert-alkyl or cyclic N) is 1. The van der Waals surface area contributed by atoms with Crippen LogP contribution in [0, 0.1) is 5.92 Å². The van der Waals surface area contributed by atoms with Crippen molar-refractivity contribution < 1.29 is 83.5 Å². The van der Waals surface area contributed by atoms with Crippen molar-refractivity contribution in [3.05, 3.63) is 102 Å².